The van der Waals surface area contributed by atoms with E-state index >= 15 is 0 Å². The van der Waals surface area contributed by atoms with Crippen LogP contribution in [0.4, 0.5) is 23.2 Å². The largest absolute Gasteiger partial charge is 0.380 e. The monoisotopic (exact) mass is 247 g/mol. The van der Waals surface area contributed by atoms with Gasteiger partial charge >= 0.3 is 0 Å². The van der Waals surface area contributed by atoms with Crippen molar-refractivity contribution in [1.29, 1.82) is 0 Å². The standard InChI is InChI=1S/C12H13F4N/c13-8-6-9(11(15)12(16)10(8)14)17-7-4-2-1-3-5-7/h6-7,17H,1-5H2. The molecule has 2 rings (SSSR count). The average molecular weight is 247 g/mol. The topological polar surface area (TPSA) is 12.0 Å². The highest BCUT2D eigenvalue weighted by molar-refractivity contribution is 5.46. The Labute approximate surface area is 96.8 Å². The van der Waals surface area contributed by atoms with Gasteiger partial charge in [0.05, 0.1) is 5.69 Å². The molecule has 0 heterocycles. The van der Waals surface area contributed by atoms with Crippen LogP contribution in [0, 0.1) is 23.3 Å². The van der Waals surface area contributed by atoms with E-state index < -0.39 is 23.3 Å². The summed E-state index contributed by atoms with van der Waals surface area (Å²) in [6.45, 7) is 0. The van der Waals surface area contributed by atoms with Crippen LogP contribution in [0.1, 0.15) is 32.1 Å². The van der Waals surface area contributed by atoms with Crippen LogP contribution in [0.3, 0.4) is 0 Å². The second-order valence-corrected chi connectivity index (χ2v) is 4.33. The number of benzene rings is 1. The molecule has 1 aliphatic rings. The zero-order valence-electron chi connectivity index (χ0n) is 9.20. The van der Waals surface area contributed by atoms with E-state index in [9.17, 15) is 17.6 Å². The fourth-order valence-corrected chi connectivity index (χ4v) is 2.14. The molecule has 5 heteroatoms. The SMILES string of the molecule is Fc1cc(NC2CCCCC2)c(F)c(F)c1F. The van der Waals surface area contributed by atoms with Gasteiger partial charge in [-0.25, -0.2) is 17.6 Å². The van der Waals surface area contributed by atoms with Gasteiger partial charge in [0.1, 0.15) is 0 Å². The van der Waals surface area contributed by atoms with Crippen molar-refractivity contribution in [2.45, 2.75) is 38.1 Å². The van der Waals surface area contributed by atoms with Gasteiger partial charge in [0, 0.05) is 12.1 Å². The van der Waals surface area contributed by atoms with E-state index in [0.717, 1.165) is 32.1 Å². The zero-order chi connectivity index (χ0) is 12.4. The van der Waals surface area contributed by atoms with Crippen molar-refractivity contribution in [3.63, 3.8) is 0 Å². The molecule has 1 fully saturated rings. The van der Waals surface area contributed by atoms with Gasteiger partial charge in [-0.1, -0.05) is 19.3 Å². The fraction of sp³-hybridized carbons (Fsp3) is 0.500. The minimum atomic E-state index is -1.77. The van der Waals surface area contributed by atoms with Crippen molar-refractivity contribution in [2.75, 3.05) is 5.32 Å². The molecule has 1 aromatic rings. The first-order valence-corrected chi connectivity index (χ1v) is 5.69. The Morgan fingerprint density at radius 3 is 2.18 bits per heavy atom. The van der Waals surface area contributed by atoms with Crippen LogP contribution in [0.25, 0.3) is 0 Å². The molecule has 0 spiro atoms. The highest BCUT2D eigenvalue weighted by Crippen LogP contribution is 2.26. The highest BCUT2D eigenvalue weighted by Gasteiger charge is 2.21. The summed E-state index contributed by atoms with van der Waals surface area (Å²) in [5.74, 6) is -6.25. The predicted molar refractivity (Wildman–Crippen MR) is 56.8 cm³/mol. The van der Waals surface area contributed by atoms with Gasteiger partial charge in [-0.15, -0.1) is 0 Å². The molecular formula is C12H13F4N. The van der Waals surface area contributed by atoms with Crippen molar-refractivity contribution in [2.24, 2.45) is 0 Å². The van der Waals surface area contributed by atoms with Crippen LogP contribution >= 0.6 is 0 Å². The molecule has 0 aliphatic heterocycles. The van der Waals surface area contributed by atoms with Crippen LogP contribution < -0.4 is 5.32 Å². The summed E-state index contributed by atoms with van der Waals surface area (Å²) in [5.41, 5.74) is -0.298. The molecule has 0 atom stereocenters. The normalized spacial score (nSPS) is 17.2. The molecule has 0 aromatic heterocycles. The van der Waals surface area contributed by atoms with Crippen molar-refractivity contribution >= 4 is 5.69 Å². The Kier molecular flexibility index (Phi) is 3.54. The van der Waals surface area contributed by atoms with Gasteiger partial charge in [0.25, 0.3) is 0 Å². The maximum atomic E-state index is 13.4. The van der Waals surface area contributed by atoms with E-state index in [-0.39, 0.29) is 11.7 Å². The van der Waals surface area contributed by atoms with Crippen molar-refractivity contribution in [3.05, 3.63) is 29.3 Å². The molecule has 0 saturated heterocycles. The van der Waals surface area contributed by atoms with Crippen LogP contribution in [0.2, 0.25) is 0 Å². The van der Waals surface area contributed by atoms with Crippen molar-refractivity contribution in [3.8, 4) is 0 Å². The van der Waals surface area contributed by atoms with E-state index in [4.69, 9.17) is 0 Å². The first kappa shape index (κ1) is 12.2. The lowest BCUT2D eigenvalue weighted by Crippen LogP contribution is -2.23. The molecule has 1 nitrogen and oxygen atoms in total. The molecule has 17 heavy (non-hydrogen) atoms. The lowest BCUT2D eigenvalue weighted by Gasteiger charge is -2.24. The van der Waals surface area contributed by atoms with Gasteiger partial charge in [-0.2, -0.15) is 0 Å². The first-order chi connectivity index (χ1) is 8.09. The third-order valence-electron chi connectivity index (χ3n) is 3.07. The number of rotatable bonds is 2. The summed E-state index contributed by atoms with van der Waals surface area (Å²) in [5, 5.41) is 2.74. The predicted octanol–water partition coefficient (Wildman–Crippen LogP) is 3.99. The van der Waals surface area contributed by atoms with Crippen LogP contribution in [0.5, 0.6) is 0 Å². The van der Waals surface area contributed by atoms with Gasteiger partial charge in [0.15, 0.2) is 23.3 Å². The smallest absolute Gasteiger partial charge is 0.199 e. The van der Waals surface area contributed by atoms with Gasteiger partial charge in [-0.05, 0) is 12.8 Å². The summed E-state index contributed by atoms with van der Waals surface area (Å²) in [4.78, 5) is 0. The fourth-order valence-electron chi connectivity index (χ4n) is 2.14. The van der Waals surface area contributed by atoms with Crippen molar-refractivity contribution < 1.29 is 17.6 Å². The molecule has 1 aliphatic carbocycles. The summed E-state index contributed by atoms with van der Waals surface area (Å²) >= 11 is 0. The van der Waals surface area contributed by atoms with Crippen LogP contribution in [-0.4, -0.2) is 6.04 Å². The van der Waals surface area contributed by atoms with E-state index in [0.29, 0.717) is 6.07 Å². The molecule has 0 bridgehead atoms. The quantitative estimate of drug-likeness (QED) is 0.473. The molecule has 1 N–H and O–H groups in total. The molecule has 1 aromatic carbocycles. The number of anilines is 1. The Morgan fingerprint density at radius 1 is 0.882 bits per heavy atom. The van der Waals surface area contributed by atoms with Crippen LogP contribution in [-0.2, 0) is 0 Å². The Morgan fingerprint density at radius 2 is 1.53 bits per heavy atom. The average Bonchev–Trinajstić information content (AvgIpc) is 2.35. The third kappa shape index (κ3) is 2.53. The second-order valence-electron chi connectivity index (χ2n) is 4.33. The maximum Gasteiger partial charge on any atom is 0.199 e. The lowest BCUT2D eigenvalue weighted by atomic mass is 9.95. The van der Waals surface area contributed by atoms with E-state index in [1.807, 2.05) is 0 Å². The number of nitrogens with one attached hydrogen (secondary N) is 1. The molecule has 0 unspecified atom stereocenters. The van der Waals surface area contributed by atoms with E-state index in [1.165, 1.54) is 0 Å². The Balaban J connectivity index is 2.20. The maximum absolute atomic E-state index is 13.4. The summed E-state index contributed by atoms with van der Waals surface area (Å²) in [7, 11) is 0. The Hall–Kier alpha value is -1.26. The highest BCUT2D eigenvalue weighted by atomic mass is 19.2. The van der Waals surface area contributed by atoms with Gasteiger partial charge in [-0.3, -0.25) is 0 Å². The minimum Gasteiger partial charge on any atom is -0.380 e. The summed E-state index contributed by atoms with van der Waals surface area (Å²) < 4.78 is 52.0. The number of hydrogen-bond acceptors (Lipinski definition) is 1. The summed E-state index contributed by atoms with van der Waals surface area (Å²) in [6, 6.07) is 0.671. The van der Waals surface area contributed by atoms with Gasteiger partial charge in [0.2, 0.25) is 0 Å². The summed E-state index contributed by atoms with van der Waals surface area (Å²) in [6.07, 6.45) is 4.80. The zero-order valence-corrected chi connectivity index (χ0v) is 9.20. The third-order valence-corrected chi connectivity index (χ3v) is 3.07. The number of halogens is 4. The lowest BCUT2D eigenvalue weighted by molar-refractivity contribution is 0.407. The van der Waals surface area contributed by atoms with E-state index in [2.05, 4.69) is 5.32 Å². The minimum absolute atomic E-state index is 0.00233. The molecule has 94 valence electrons. The van der Waals surface area contributed by atoms with E-state index in [1.54, 1.807) is 0 Å². The number of hydrogen-bond donors (Lipinski definition) is 1. The van der Waals surface area contributed by atoms with Gasteiger partial charge < -0.3 is 5.32 Å². The molecule has 1 saturated carbocycles. The molecule has 0 amide bonds. The Bertz CT molecular complexity index is 413. The van der Waals surface area contributed by atoms with Crippen molar-refractivity contribution in [1.82, 2.24) is 0 Å². The second kappa shape index (κ2) is 4.94. The van der Waals surface area contributed by atoms with Crippen LogP contribution in [0.15, 0.2) is 6.07 Å². The molecule has 0 radical (unpaired) electrons. The molecular weight excluding hydrogens is 234 g/mol. The first-order valence-electron chi connectivity index (χ1n) is 5.69.